The molecule has 1 atom stereocenters. The number of benzene rings is 2. The Morgan fingerprint density at radius 3 is 2.17 bits per heavy atom. The lowest BCUT2D eigenvalue weighted by molar-refractivity contribution is 0.0935. The first-order valence-electron chi connectivity index (χ1n) is 8.09. The number of rotatable bonds is 2. The van der Waals surface area contributed by atoms with E-state index in [0.717, 1.165) is 17.0 Å². The SMILES string of the molecule is CC.CC.COc1ccccc1C1NC(=O)c2ccccc2N1. The van der Waals surface area contributed by atoms with Gasteiger partial charge in [-0.2, -0.15) is 0 Å². The van der Waals surface area contributed by atoms with Gasteiger partial charge in [-0.25, -0.2) is 0 Å². The lowest BCUT2D eigenvalue weighted by Gasteiger charge is -2.28. The lowest BCUT2D eigenvalue weighted by Crippen LogP contribution is -2.38. The van der Waals surface area contributed by atoms with Crippen molar-refractivity contribution in [3.63, 3.8) is 0 Å². The minimum Gasteiger partial charge on any atom is -0.496 e. The van der Waals surface area contributed by atoms with Crippen molar-refractivity contribution in [1.82, 2.24) is 5.32 Å². The van der Waals surface area contributed by atoms with E-state index in [1.165, 1.54) is 0 Å². The van der Waals surface area contributed by atoms with Crippen LogP contribution in [0.25, 0.3) is 0 Å². The number of para-hydroxylation sites is 2. The Kier molecular flexibility index (Phi) is 7.67. The molecule has 0 fully saturated rings. The fourth-order valence-corrected chi connectivity index (χ4v) is 2.27. The highest BCUT2D eigenvalue weighted by Crippen LogP contribution is 2.30. The summed E-state index contributed by atoms with van der Waals surface area (Å²) in [4.78, 5) is 12.1. The molecule has 4 nitrogen and oxygen atoms in total. The maximum Gasteiger partial charge on any atom is 0.255 e. The topological polar surface area (TPSA) is 50.4 Å². The Morgan fingerprint density at radius 2 is 1.48 bits per heavy atom. The highest BCUT2D eigenvalue weighted by atomic mass is 16.5. The Balaban J connectivity index is 0.000000615. The zero-order valence-corrected chi connectivity index (χ0v) is 14.5. The maximum absolute atomic E-state index is 12.1. The number of anilines is 1. The van der Waals surface area contributed by atoms with Crippen LogP contribution in [0.2, 0.25) is 0 Å². The molecular formula is C19H26N2O2. The summed E-state index contributed by atoms with van der Waals surface area (Å²) < 4.78 is 5.33. The number of amides is 1. The summed E-state index contributed by atoms with van der Waals surface area (Å²) >= 11 is 0. The molecule has 1 unspecified atom stereocenters. The van der Waals surface area contributed by atoms with Crippen molar-refractivity contribution in [2.45, 2.75) is 33.9 Å². The van der Waals surface area contributed by atoms with E-state index >= 15 is 0 Å². The zero-order valence-electron chi connectivity index (χ0n) is 14.5. The van der Waals surface area contributed by atoms with Crippen molar-refractivity contribution in [3.8, 4) is 5.75 Å². The quantitative estimate of drug-likeness (QED) is 0.851. The molecule has 2 aromatic carbocycles. The van der Waals surface area contributed by atoms with E-state index in [1.807, 2.05) is 70.2 Å². The standard InChI is InChI=1S/C15H14N2O2.2C2H6/c1-19-13-9-5-3-7-11(13)14-16-12-8-4-2-6-10(12)15(18)17-14;2*1-2/h2-9,14,16H,1H3,(H,17,18);2*1-2H3. The molecule has 1 amide bonds. The molecule has 2 N–H and O–H groups in total. The molecule has 3 rings (SSSR count). The average molecular weight is 314 g/mol. The summed E-state index contributed by atoms with van der Waals surface area (Å²) in [6, 6.07) is 15.1. The molecule has 1 heterocycles. The highest BCUT2D eigenvalue weighted by molar-refractivity contribution is 6.01. The summed E-state index contributed by atoms with van der Waals surface area (Å²) in [5.74, 6) is 0.671. The monoisotopic (exact) mass is 314 g/mol. The van der Waals surface area contributed by atoms with Gasteiger partial charge in [0, 0.05) is 11.3 Å². The number of hydrogen-bond acceptors (Lipinski definition) is 3. The van der Waals surface area contributed by atoms with Gasteiger partial charge < -0.3 is 15.4 Å². The Bertz CT molecular complexity index is 626. The van der Waals surface area contributed by atoms with Crippen molar-refractivity contribution in [2.75, 3.05) is 12.4 Å². The van der Waals surface area contributed by atoms with Gasteiger partial charge in [0.2, 0.25) is 0 Å². The normalized spacial score (nSPS) is 14.7. The molecule has 0 aromatic heterocycles. The fraction of sp³-hybridized carbons (Fsp3) is 0.316. The van der Waals surface area contributed by atoms with E-state index in [1.54, 1.807) is 13.2 Å². The maximum atomic E-state index is 12.1. The number of fused-ring (bicyclic) bond motifs is 1. The predicted molar refractivity (Wildman–Crippen MR) is 96.0 cm³/mol. The Labute approximate surface area is 138 Å². The molecule has 4 heteroatoms. The van der Waals surface area contributed by atoms with Gasteiger partial charge in [0.15, 0.2) is 0 Å². The second-order valence-electron chi connectivity index (χ2n) is 4.34. The zero-order chi connectivity index (χ0) is 17.2. The van der Waals surface area contributed by atoms with Crippen molar-refractivity contribution in [1.29, 1.82) is 0 Å². The summed E-state index contributed by atoms with van der Waals surface area (Å²) in [6.07, 6.45) is -0.279. The van der Waals surface area contributed by atoms with E-state index in [9.17, 15) is 4.79 Å². The molecule has 0 radical (unpaired) electrons. The van der Waals surface area contributed by atoms with E-state index in [4.69, 9.17) is 4.74 Å². The van der Waals surface area contributed by atoms with Crippen LogP contribution in [0.3, 0.4) is 0 Å². The molecule has 0 spiro atoms. The lowest BCUT2D eigenvalue weighted by atomic mass is 10.1. The molecular weight excluding hydrogens is 288 g/mol. The number of carbonyl (C=O) groups is 1. The van der Waals surface area contributed by atoms with Crippen LogP contribution < -0.4 is 15.4 Å². The van der Waals surface area contributed by atoms with Gasteiger partial charge in [-0.05, 0) is 18.2 Å². The smallest absolute Gasteiger partial charge is 0.255 e. The third-order valence-corrected chi connectivity index (χ3v) is 3.20. The van der Waals surface area contributed by atoms with E-state index < -0.39 is 0 Å². The molecule has 1 aliphatic heterocycles. The average Bonchev–Trinajstić information content (AvgIpc) is 2.65. The van der Waals surface area contributed by atoms with Crippen molar-refractivity contribution in [3.05, 3.63) is 59.7 Å². The third-order valence-electron chi connectivity index (χ3n) is 3.20. The minimum atomic E-state index is -0.279. The number of hydrogen-bond donors (Lipinski definition) is 2. The molecule has 23 heavy (non-hydrogen) atoms. The van der Waals surface area contributed by atoms with Gasteiger partial charge in [0.05, 0.1) is 12.7 Å². The second kappa shape index (κ2) is 9.51. The summed E-state index contributed by atoms with van der Waals surface area (Å²) in [5, 5.41) is 6.24. The van der Waals surface area contributed by atoms with E-state index in [0.29, 0.717) is 5.56 Å². The van der Waals surface area contributed by atoms with Gasteiger partial charge in [-0.3, -0.25) is 4.79 Å². The number of methoxy groups -OCH3 is 1. The van der Waals surface area contributed by atoms with Crippen LogP contribution in [-0.4, -0.2) is 13.0 Å². The molecule has 0 saturated heterocycles. The van der Waals surface area contributed by atoms with Crippen LogP contribution in [-0.2, 0) is 0 Å². The van der Waals surface area contributed by atoms with Gasteiger partial charge >= 0.3 is 0 Å². The van der Waals surface area contributed by atoms with Crippen LogP contribution in [0.5, 0.6) is 5.75 Å². The minimum absolute atomic E-state index is 0.0785. The van der Waals surface area contributed by atoms with Gasteiger partial charge in [0.25, 0.3) is 5.91 Å². The Morgan fingerprint density at radius 1 is 0.870 bits per heavy atom. The van der Waals surface area contributed by atoms with Crippen LogP contribution in [0, 0.1) is 0 Å². The first kappa shape index (κ1) is 18.6. The number of ether oxygens (including phenoxy) is 1. The first-order chi connectivity index (χ1) is 11.3. The van der Waals surface area contributed by atoms with Crippen LogP contribution in [0.15, 0.2) is 48.5 Å². The van der Waals surface area contributed by atoms with Crippen LogP contribution in [0.4, 0.5) is 5.69 Å². The summed E-state index contributed by atoms with van der Waals surface area (Å²) in [6.45, 7) is 8.00. The summed E-state index contributed by atoms with van der Waals surface area (Å²) in [7, 11) is 1.62. The van der Waals surface area contributed by atoms with E-state index in [-0.39, 0.29) is 12.1 Å². The van der Waals surface area contributed by atoms with Crippen molar-refractivity contribution < 1.29 is 9.53 Å². The fourth-order valence-electron chi connectivity index (χ4n) is 2.27. The molecule has 0 bridgehead atoms. The van der Waals surface area contributed by atoms with Crippen LogP contribution >= 0.6 is 0 Å². The first-order valence-corrected chi connectivity index (χ1v) is 8.09. The van der Waals surface area contributed by atoms with Crippen molar-refractivity contribution >= 4 is 11.6 Å². The van der Waals surface area contributed by atoms with Gasteiger partial charge in [0.1, 0.15) is 11.9 Å². The molecule has 124 valence electrons. The second-order valence-corrected chi connectivity index (χ2v) is 4.34. The molecule has 2 aromatic rings. The summed E-state index contributed by atoms with van der Waals surface area (Å²) in [5.41, 5.74) is 2.41. The van der Waals surface area contributed by atoms with Crippen molar-refractivity contribution in [2.24, 2.45) is 0 Å². The number of nitrogens with one attached hydrogen (secondary N) is 2. The highest BCUT2D eigenvalue weighted by Gasteiger charge is 2.25. The third kappa shape index (κ3) is 4.25. The molecule has 1 aliphatic rings. The number of carbonyl (C=O) groups excluding carboxylic acids is 1. The van der Waals surface area contributed by atoms with Gasteiger partial charge in [-0.15, -0.1) is 0 Å². The van der Waals surface area contributed by atoms with Gasteiger partial charge in [-0.1, -0.05) is 58.0 Å². The van der Waals surface area contributed by atoms with Crippen LogP contribution in [0.1, 0.15) is 49.8 Å². The van der Waals surface area contributed by atoms with E-state index in [2.05, 4.69) is 10.6 Å². The Hall–Kier alpha value is -2.49. The largest absolute Gasteiger partial charge is 0.496 e. The molecule has 0 aliphatic carbocycles. The predicted octanol–water partition coefficient (Wildman–Crippen LogP) is 4.60. The molecule has 0 saturated carbocycles.